The number of hydrogen-bond acceptors (Lipinski definition) is 4. The van der Waals surface area contributed by atoms with Crippen molar-refractivity contribution < 1.29 is 22.7 Å². The predicted octanol–water partition coefficient (Wildman–Crippen LogP) is 2.75. The van der Waals surface area contributed by atoms with E-state index in [-0.39, 0.29) is 10.6 Å². The van der Waals surface area contributed by atoms with Crippen molar-refractivity contribution in [2.45, 2.75) is 17.9 Å². The third kappa shape index (κ3) is 2.41. The summed E-state index contributed by atoms with van der Waals surface area (Å²) in [6.07, 6.45) is -1.05. The summed E-state index contributed by atoms with van der Waals surface area (Å²) < 4.78 is 42.5. The van der Waals surface area contributed by atoms with E-state index in [0.29, 0.717) is 22.6 Å². The Labute approximate surface area is 121 Å². The number of benzene rings is 2. The van der Waals surface area contributed by atoms with Gasteiger partial charge >= 0.3 is 0 Å². The van der Waals surface area contributed by atoms with E-state index in [0.717, 1.165) is 0 Å². The maximum atomic E-state index is 13.2. The first kappa shape index (κ1) is 14.0. The number of aliphatic hydroxyl groups is 1. The highest BCUT2D eigenvalue weighted by Crippen LogP contribution is 2.40. The van der Waals surface area contributed by atoms with E-state index in [4.69, 9.17) is 4.74 Å². The lowest BCUT2D eigenvalue weighted by molar-refractivity contribution is 0.203. The maximum Gasteiger partial charge on any atom is 0.181 e. The molecular weight excluding hydrogens is 295 g/mol. The van der Waals surface area contributed by atoms with Gasteiger partial charge in [-0.15, -0.1) is 0 Å². The monoisotopic (exact) mass is 308 g/mol. The average Bonchev–Trinajstić information content (AvgIpc) is 2.63. The molecule has 0 aromatic heterocycles. The van der Waals surface area contributed by atoms with Gasteiger partial charge in [-0.05, 0) is 36.8 Å². The van der Waals surface area contributed by atoms with E-state index < -0.39 is 21.8 Å². The molecule has 1 atom stereocenters. The van der Waals surface area contributed by atoms with Gasteiger partial charge in [0.1, 0.15) is 17.3 Å². The van der Waals surface area contributed by atoms with Crippen LogP contribution < -0.4 is 4.74 Å². The average molecular weight is 308 g/mol. The maximum absolute atomic E-state index is 13.2. The third-order valence-electron chi connectivity index (χ3n) is 3.49. The van der Waals surface area contributed by atoms with Crippen LogP contribution >= 0.6 is 0 Å². The summed E-state index contributed by atoms with van der Waals surface area (Å²) in [5.41, 5.74) is 0.911. The molecule has 0 amide bonds. The van der Waals surface area contributed by atoms with Crippen molar-refractivity contribution in [2.24, 2.45) is 0 Å². The second-order valence-corrected chi connectivity index (χ2v) is 6.96. The minimum atomic E-state index is -3.44. The van der Waals surface area contributed by atoms with E-state index in [1.165, 1.54) is 30.3 Å². The van der Waals surface area contributed by atoms with E-state index in [2.05, 4.69) is 0 Å². The van der Waals surface area contributed by atoms with Crippen molar-refractivity contribution in [3.05, 3.63) is 53.3 Å². The SMILES string of the molecule is Cc1c(Oc2cccc(F)c2)ccc2c1[C@@H](O)CS2(=O)=O. The van der Waals surface area contributed by atoms with Crippen molar-refractivity contribution in [1.82, 2.24) is 0 Å². The number of aliphatic hydroxyl groups excluding tert-OH is 1. The van der Waals surface area contributed by atoms with Crippen LogP contribution in [-0.2, 0) is 9.84 Å². The molecule has 1 heterocycles. The summed E-state index contributed by atoms with van der Waals surface area (Å²) >= 11 is 0. The molecule has 0 fully saturated rings. The van der Waals surface area contributed by atoms with E-state index >= 15 is 0 Å². The summed E-state index contributed by atoms with van der Waals surface area (Å²) in [4.78, 5) is 0.138. The van der Waals surface area contributed by atoms with Gasteiger partial charge in [0.05, 0.1) is 16.8 Å². The molecule has 1 aliphatic heterocycles. The number of halogens is 1. The summed E-state index contributed by atoms with van der Waals surface area (Å²) in [6, 6.07) is 8.60. The van der Waals surface area contributed by atoms with E-state index in [1.54, 1.807) is 13.0 Å². The van der Waals surface area contributed by atoms with Crippen LogP contribution in [0.2, 0.25) is 0 Å². The van der Waals surface area contributed by atoms with Crippen molar-refractivity contribution in [3.8, 4) is 11.5 Å². The van der Waals surface area contributed by atoms with Crippen molar-refractivity contribution in [2.75, 3.05) is 5.75 Å². The van der Waals surface area contributed by atoms with E-state index in [9.17, 15) is 17.9 Å². The predicted molar refractivity (Wildman–Crippen MR) is 74.7 cm³/mol. The van der Waals surface area contributed by atoms with Crippen LogP contribution in [0, 0.1) is 12.7 Å². The van der Waals surface area contributed by atoms with Gasteiger partial charge in [-0.3, -0.25) is 0 Å². The number of fused-ring (bicyclic) bond motifs is 1. The zero-order valence-corrected chi connectivity index (χ0v) is 12.0. The topological polar surface area (TPSA) is 63.6 Å². The van der Waals surface area contributed by atoms with Crippen molar-refractivity contribution >= 4 is 9.84 Å². The number of rotatable bonds is 2. The summed E-state index contributed by atoms with van der Waals surface area (Å²) in [7, 11) is -3.44. The zero-order valence-electron chi connectivity index (χ0n) is 11.2. The Morgan fingerprint density at radius 2 is 2.05 bits per heavy atom. The van der Waals surface area contributed by atoms with Crippen molar-refractivity contribution in [1.29, 1.82) is 0 Å². The lowest BCUT2D eigenvalue weighted by Crippen LogP contribution is -2.02. The van der Waals surface area contributed by atoms with Crippen molar-refractivity contribution in [3.63, 3.8) is 0 Å². The second-order valence-electron chi connectivity index (χ2n) is 4.96. The van der Waals surface area contributed by atoms with Crippen LogP contribution in [0.4, 0.5) is 4.39 Å². The molecule has 2 aromatic rings. The Balaban J connectivity index is 2.05. The van der Waals surface area contributed by atoms with Gasteiger partial charge in [-0.2, -0.15) is 0 Å². The highest BCUT2D eigenvalue weighted by molar-refractivity contribution is 7.91. The number of sulfone groups is 1. The van der Waals surface area contributed by atoms with Crippen LogP contribution in [0.5, 0.6) is 11.5 Å². The molecule has 1 aliphatic rings. The largest absolute Gasteiger partial charge is 0.457 e. The molecule has 0 radical (unpaired) electrons. The first-order valence-corrected chi connectivity index (χ1v) is 8.01. The Morgan fingerprint density at radius 3 is 2.76 bits per heavy atom. The fraction of sp³-hybridized carbons (Fsp3) is 0.200. The molecule has 0 spiro atoms. The molecule has 0 aliphatic carbocycles. The quantitative estimate of drug-likeness (QED) is 0.926. The summed E-state index contributed by atoms with van der Waals surface area (Å²) in [6.45, 7) is 1.68. The van der Waals surface area contributed by atoms with Gasteiger partial charge in [0.2, 0.25) is 0 Å². The molecule has 110 valence electrons. The minimum absolute atomic E-state index is 0.138. The lowest BCUT2D eigenvalue weighted by Gasteiger charge is -2.13. The fourth-order valence-electron chi connectivity index (χ4n) is 2.52. The molecule has 4 nitrogen and oxygen atoms in total. The molecule has 3 rings (SSSR count). The molecular formula is C15H13FO4S. The molecule has 0 saturated carbocycles. The minimum Gasteiger partial charge on any atom is -0.457 e. The number of ether oxygens (including phenoxy) is 1. The van der Waals surface area contributed by atoms with Crippen LogP contribution in [0.3, 0.4) is 0 Å². The van der Waals surface area contributed by atoms with Crippen LogP contribution in [0.15, 0.2) is 41.3 Å². The summed E-state index contributed by atoms with van der Waals surface area (Å²) in [5, 5.41) is 9.94. The first-order valence-electron chi connectivity index (χ1n) is 6.36. The van der Waals surface area contributed by atoms with Gasteiger partial charge in [0.25, 0.3) is 0 Å². The second kappa shape index (κ2) is 4.82. The van der Waals surface area contributed by atoms with Crippen LogP contribution in [0.25, 0.3) is 0 Å². The summed E-state index contributed by atoms with van der Waals surface area (Å²) in [5.74, 6) is -0.0233. The molecule has 0 saturated heterocycles. The molecule has 2 aromatic carbocycles. The molecule has 0 bridgehead atoms. The van der Waals surface area contributed by atoms with Gasteiger partial charge in [-0.25, -0.2) is 12.8 Å². The molecule has 0 unspecified atom stereocenters. The van der Waals surface area contributed by atoms with Gasteiger partial charge < -0.3 is 9.84 Å². The first-order chi connectivity index (χ1) is 9.88. The third-order valence-corrected chi connectivity index (χ3v) is 5.28. The zero-order chi connectivity index (χ0) is 15.2. The highest BCUT2D eigenvalue weighted by atomic mass is 32.2. The van der Waals surface area contributed by atoms with Gasteiger partial charge in [0.15, 0.2) is 9.84 Å². The Kier molecular flexibility index (Phi) is 3.22. The Bertz CT molecular complexity index is 814. The standard InChI is InChI=1S/C15H13FO4S/c1-9-13(20-11-4-2-3-10(16)7-11)5-6-14-15(9)12(17)8-21(14,18)19/h2-7,12,17H,8H2,1H3/t12-/m0/s1. The number of hydrogen-bond donors (Lipinski definition) is 1. The normalized spacial score (nSPS) is 19.3. The Hall–Kier alpha value is -1.92. The van der Waals surface area contributed by atoms with Crippen LogP contribution in [0.1, 0.15) is 17.2 Å². The van der Waals surface area contributed by atoms with Gasteiger partial charge in [-0.1, -0.05) is 6.07 Å². The molecule has 1 N–H and O–H groups in total. The Morgan fingerprint density at radius 1 is 1.29 bits per heavy atom. The highest BCUT2D eigenvalue weighted by Gasteiger charge is 2.35. The van der Waals surface area contributed by atoms with E-state index in [1.807, 2.05) is 0 Å². The lowest BCUT2D eigenvalue weighted by atomic mass is 10.0. The molecule has 21 heavy (non-hydrogen) atoms. The fourth-order valence-corrected chi connectivity index (χ4v) is 4.18. The van der Waals surface area contributed by atoms with Gasteiger partial charge in [0, 0.05) is 11.6 Å². The van der Waals surface area contributed by atoms with Crippen LogP contribution in [-0.4, -0.2) is 19.3 Å². The molecule has 6 heteroatoms. The smallest absolute Gasteiger partial charge is 0.181 e.